The minimum absolute atomic E-state index is 0.0202. The van der Waals surface area contributed by atoms with Crippen molar-refractivity contribution in [3.8, 4) is 0 Å². The molecule has 0 aliphatic rings. The van der Waals surface area contributed by atoms with E-state index in [0.29, 0.717) is 18.6 Å². The SMILES string of the molecule is Cc1cc(C)nc(N(CCCN(C(C)C)C(C)C)C(=O)N(C)C)c1. The average molecular weight is 335 g/mol. The number of rotatable bonds is 7. The molecule has 0 aliphatic carbocycles. The highest BCUT2D eigenvalue weighted by Gasteiger charge is 2.20. The molecule has 0 atom stereocenters. The Balaban J connectivity index is 2.90. The van der Waals surface area contributed by atoms with Crippen molar-refractivity contribution in [2.45, 2.75) is 60.0 Å². The van der Waals surface area contributed by atoms with Crippen LogP contribution in [0.1, 0.15) is 45.4 Å². The molecule has 0 N–H and O–H groups in total. The Kier molecular flexibility index (Phi) is 7.67. The number of aromatic nitrogens is 1. The molecule has 0 bridgehead atoms. The van der Waals surface area contributed by atoms with Crippen molar-refractivity contribution < 1.29 is 4.79 Å². The van der Waals surface area contributed by atoms with Gasteiger partial charge in [0.1, 0.15) is 5.82 Å². The second kappa shape index (κ2) is 9.02. The van der Waals surface area contributed by atoms with Gasteiger partial charge in [-0.3, -0.25) is 9.80 Å². The third-order valence-corrected chi connectivity index (χ3v) is 4.10. The lowest BCUT2D eigenvalue weighted by molar-refractivity contribution is 0.173. The lowest BCUT2D eigenvalue weighted by Crippen LogP contribution is -2.43. The van der Waals surface area contributed by atoms with E-state index in [0.717, 1.165) is 30.0 Å². The molecule has 1 aromatic heterocycles. The fourth-order valence-electron chi connectivity index (χ4n) is 3.03. The number of amides is 2. The van der Waals surface area contributed by atoms with Crippen LogP contribution in [0.4, 0.5) is 10.6 Å². The van der Waals surface area contributed by atoms with Crippen molar-refractivity contribution in [3.05, 3.63) is 23.4 Å². The number of anilines is 1. The maximum atomic E-state index is 12.6. The first-order chi connectivity index (χ1) is 11.1. The van der Waals surface area contributed by atoms with Crippen LogP contribution in [0, 0.1) is 13.8 Å². The summed E-state index contributed by atoms with van der Waals surface area (Å²) in [5.74, 6) is 0.742. The Hall–Kier alpha value is -1.62. The Bertz CT molecular complexity index is 512. The number of hydrogen-bond acceptors (Lipinski definition) is 3. The summed E-state index contributed by atoms with van der Waals surface area (Å²) in [6.45, 7) is 14.5. The number of aryl methyl sites for hydroxylation is 2. The second-order valence-corrected chi connectivity index (χ2v) is 7.25. The first-order valence-corrected chi connectivity index (χ1v) is 8.83. The van der Waals surface area contributed by atoms with Gasteiger partial charge in [-0.25, -0.2) is 9.78 Å². The first-order valence-electron chi connectivity index (χ1n) is 8.83. The molecule has 0 saturated carbocycles. The number of carbonyl (C=O) groups is 1. The molecule has 0 spiro atoms. The molecule has 1 rings (SSSR count). The van der Waals surface area contributed by atoms with Crippen LogP contribution in [0.25, 0.3) is 0 Å². The van der Waals surface area contributed by atoms with Crippen LogP contribution in [0.5, 0.6) is 0 Å². The lowest BCUT2D eigenvalue weighted by Gasteiger charge is -2.32. The summed E-state index contributed by atoms with van der Waals surface area (Å²) in [5, 5.41) is 0. The van der Waals surface area contributed by atoms with Gasteiger partial charge in [0, 0.05) is 45.0 Å². The third kappa shape index (κ3) is 5.78. The molecule has 1 aromatic rings. The number of urea groups is 1. The number of hydrogen-bond donors (Lipinski definition) is 0. The summed E-state index contributed by atoms with van der Waals surface area (Å²) in [4.78, 5) is 23.0. The molecule has 0 aromatic carbocycles. The number of carbonyl (C=O) groups excluding carboxylic acids is 1. The third-order valence-electron chi connectivity index (χ3n) is 4.10. The highest BCUT2D eigenvalue weighted by Crippen LogP contribution is 2.17. The summed E-state index contributed by atoms with van der Waals surface area (Å²) in [7, 11) is 3.57. The molecular weight excluding hydrogens is 300 g/mol. The zero-order valence-electron chi connectivity index (χ0n) is 16.6. The highest BCUT2D eigenvalue weighted by atomic mass is 16.2. The van der Waals surface area contributed by atoms with E-state index in [1.807, 2.05) is 26.0 Å². The van der Waals surface area contributed by atoms with E-state index in [1.54, 1.807) is 23.9 Å². The van der Waals surface area contributed by atoms with Gasteiger partial charge < -0.3 is 4.90 Å². The highest BCUT2D eigenvalue weighted by molar-refractivity contribution is 5.90. The van der Waals surface area contributed by atoms with Gasteiger partial charge in [-0.05, 0) is 65.7 Å². The largest absolute Gasteiger partial charge is 0.330 e. The van der Waals surface area contributed by atoms with Crippen LogP contribution in [0.2, 0.25) is 0 Å². The van der Waals surface area contributed by atoms with Crippen molar-refractivity contribution in [2.75, 3.05) is 32.1 Å². The number of nitrogens with zero attached hydrogens (tertiary/aromatic N) is 4. The Labute approximate surface area is 147 Å². The van der Waals surface area contributed by atoms with Crippen molar-refractivity contribution in [3.63, 3.8) is 0 Å². The Morgan fingerprint density at radius 3 is 2.08 bits per heavy atom. The number of pyridine rings is 1. The van der Waals surface area contributed by atoms with Crippen molar-refractivity contribution in [1.29, 1.82) is 0 Å². The average Bonchev–Trinajstić information content (AvgIpc) is 2.44. The van der Waals surface area contributed by atoms with E-state index in [4.69, 9.17) is 0 Å². The fraction of sp³-hybridized carbons (Fsp3) is 0.684. The molecule has 0 saturated heterocycles. The quantitative estimate of drug-likeness (QED) is 0.763. The van der Waals surface area contributed by atoms with Crippen LogP contribution in [-0.4, -0.2) is 60.1 Å². The summed E-state index contributed by atoms with van der Waals surface area (Å²) in [6.07, 6.45) is 0.921. The zero-order chi connectivity index (χ0) is 18.4. The maximum Gasteiger partial charge on any atom is 0.325 e. The van der Waals surface area contributed by atoms with Gasteiger partial charge in [0.25, 0.3) is 0 Å². The van der Waals surface area contributed by atoms with Crippen LogP contribution in [0.3, 0.4) is 0 Å². The van der Waals surface area contributed by atoms with Gasteiger partial charge in [0.05, 0.1) is 0 Å². The van der Waals surface area contributed by atoms with Gasteiger partial charge >= 0.3 is 6.03 Å². The molecule has 24 heavy (non-hydrogen) atoms. The van der Waals surface area contributed by atoms with Gasteiger partial charge in [-0.1, -0.05) is 0 Å². The molecule has 0 aliphatic heterocycles. The van der Waals surface area contributed by atoms with Crippen LogP contribution in [0.15, 0.2) is 12.1 Å². The molecule has 0 fully saturated rings. The lowest BCUT2D eigenvalue weighted by atomic mass is 10.2. The Morgan fingerprint density at radius 2 is 1.62 bits per heavy atom. The second-order valence-electron chi connectivity index (χ2n) is 7.25. The molecule has 5 nitrogen and oxygen atoms in total. The fourth-order valence-corrected chi connectivity index (χ4v) is 3.03. The topological polar surface area (TPSA) is 39.7 Å². The molecule has 0 unspecified atom stereocenters. The predicted molar refractivity (Wildman–Crippen MR) is 102 cm³/mol. The predicted octanol–water partition coefficient (Wildman–Crippen LogP) is 3.70. The van der Waals surface area contributed by atoms with E-state index in [9.17, 15) is 4.79 Å². The standard InChI is InChI=1S/C19H34N4O/c1-14(2)22(15(3)4)10-9-11-23(19(24)21(7)8)18-13-16(5)12-17(6)20-18/h12-15H,9-11H2,1-8H3. The summed E-state index contributed by atoms with van der Waals surface area (Å²) in [5.41, 5.74) is 2.06. The van der Waals surface area contributed by atoms with Crippen molar-refractivity contribution >= 4 is 11.8 Å². The maximum absolute atomic E-state index is 12.6. The minimum atomic E-state index is -0.0202. The van der Waals surface area contributed by atoms with Crippen molar-refractivity contribution in [2.24, 2.45) is 0 Å². The van der Waals surface area contributed by atoms with Crippen molar-refractivity contribution in [1.82, 2.24) is 14.8 Å². The summed E-state index contributed by atoms with van der Waals surface area (Å²) < 4.78 is 0. The molecule has 0 radical (unpaired) electrons. The zero-order valence-corrected chi connectivity index (χ0v) is 16.6. The van der Waals surface area contributed by atoms with Gasteiger partial charge in [0.15, 0.2) is 0 Å². The van der Waals surface area contributed by atoms with Gasteiger partial charge in [0.2, 0.25) is 0 Å². The first kappa shape index (κ1) is 20.4. The van der Waals surface area contributed by atoms with Gasteiger partial charge in [-0.2, -0.15) is 0 Å². The monoisotopic (exact) mass is 334 g/mol. The van der Waals surface area contributed by atoms with Crippen LogP contribution >= 0.6 is 0 Å². The van der Waals surface area contributed by atoms with E-state index >= 15 is 0 Å². The van der Waals surface area contributed by atoms with E-state index in [1.165, 1.54) is 0 Å². The van der Waals surface area contributed by atoms with Crippen LogP contribution in [-0.2, 0) is 0 Å². The minimum Gasteiger partial charge on any atom is -0.330 e. The molecule has 2 amide bonds. The molecular formula is C19H34N4O. The molecule has 136 valence electrons. The van der Waals surface area contributed by atoms with Crippen LogP contribution < -0.4 is 4.90 Å². The molecule has 5 heteroatoms. The van der Waals surface area contributed by atoms with Gasteiger partial charge in [-0.15, -0.1) is 0 Å². The van der Waals surface area contributed by atoms with E-state index < -0.39 is 0 Å². The summed E-state index contributed by atoms with van der Waals surface area (Å²) >= 11 is 0. The van der Waals surface area contributed by atoms with E-state index in [2.05, 4.69) is 37.6 Å². The normalized spacial score (nSPS) is 11.5. The Morgan fingerprint density at radius 1 is 1.04 bits per heavy atom. The summed E-state index contributed by atoms with van der Waals surface area (Å²) in [6, 6.07) is 5.00. The smallest absolute Gasteiger partial charge is 0.325 e. The van der Waals surface area contributed by atoms with E-state index in [-0.39, 0.29) is 6.03 Å². The molecule has 1 heterocycles.